The van der Waals surface area contributed by atoms with Gasteiger partial charge in [0.15, 0.2) is 20.0 Å². The van der Waals surface area contributed by atoms with Crippen LogP contribution in [-0.4, -0.2) is 65.9 Å². The van der Waals surface area contributed by atoms with Crippen LogP contribution in [0.15, 0.2) is 43.0 Å². The van der Waals surface area contributed by atoms with Crippen LogP contribution in [0, 0.1) is 11.6 Å². The molecule has 0 aliphatic carbocycles. The van der Waals surface area contributed by atoms with Crippen LogP contribution in [0.25, 0.3) is 22.5 Å². The topological polar surface area (TPSA) is 115 Å². The van der Waals surface area contributed by atoms with Gasteiger partial charge in [-0.2, -0.15) is 4.68 Å². The van der Waals surface area contributed by atoms with Crippen molar-refractivity contribution in [1.29, 1.82) is 0 Å². The molecule has 10 nitrogen and oxygen atoms in total. The summed E-state index contributed by atoms with van der Waals surface area (Å²) in [7, 11) is -2.01. The molecule has 2 aliphatic rings. The number of pyridine rings is 1. The number of aryl methyl sites for hydroxylation is 1. The largest absolute Gasteiger partial charge is 0.412 e. The molecule has 1 amide bonds. The van der Waals surface area contributed by atoms with Crippen molar-refractivity contribution in [2.24, 2.45) is 0 Å². The highest BCUT2D eigenvalue weighted by Crippen LogP contribution is 2.44. The number of carbonyl (C=O) groups excluding carboxylic acids is 1. The van der Waals surface area contributed by atoms with Gasteiger partial charge < -0.3 is 14.3 Å². The van der Waals surface area contributed by atoms with E-state index in [-0.39, 0.29) is 33.6 Å². The standard InChI is InChI=1S/C34H41ClF2N8O2Si/c1-33(2,3)48(6,7)47-34(4,5)14-12-24-30(36)22(13-15-38-24)25-18-39-32(41-25)27-10-8-21-16-20(17-28(46)45(21)27)29-26(44-19-40-42-43-44)11-9-23(35)31(29)37/h9,11,13,15,17-19,21,27H,8,10,12,14,16H2,1-7H3,(H,39,41). The Balaban J connectivity index is 1.20. The van der Waals surface area contributed by atoms with Crippen LogP contribution in [0.4, 0.5) is 8.78 Å². The first-order valence-corrected chi connectivity index (χ1v) is 19.5. The Bertz CT molecular complexity index is 1870. The SMILES string of the molecule is CC(C)(CCc1nccc(-c2cnc(C3CCC4CC(c5c(-n6cnnn6)ccc(Cl)c5F)=CC(=O)N43)[nH]2)c1F)O[Si](C)(C)C(C)(C)C. The van der Waals surface area contributed by atoms with E-state index < -0.39 is 25.6 Å². The van der Waals surface area contributed by atoms with Crippen LogP contribution >= 0.6 is 11.6 Å². The first-order chi connectivity index (χ1) is 22.6. The predicted octanol–water partition coefficient (Wildman–Crippen LogP) is 7.63. The van der Waals surface area contributed by atoms with Gasteiger partial charge in [0.2, 0.25) is 5.91 Å². The fraction of sp³-hybridized carbons (Fsp3) is 0.471. The Morgan fingerprint density at radius 2 is 1.85 bits per heavy atom. The molecule has 0 spiro atoms. The highest BCUT2D eigenvalue weighted by Gasteiger charge is 2.43. The summed E-state index contributed by atoms with van der Waals surface area (Å²) >= 11 is 6.16. The van der Waals surface area contributed by atoms with Gasteiger partial charge in [0.1, 0.15) is 12.2 Å². The molecule has 48 heavy (non-hydrogen) atoms. The number of H-pyrrole nitrogens is 1. The minimum absolute atomic E-state index is 0.0558. The number of aromatic nitrogens is 7. The fourth-order valence-electron chi connectivity index (χ4n) is 6.53. The van der Waals surface area contributed by atoms with Crippen molar-refractivity contribution in [2.75, 3.05) is 0 Å². The number of halogens is 3. The lowest BCUT2D eigenvalue weighted by atomic mass is 9.92. The van der Waals surface area contributed by atoms with Gasteiger partial charge in [-0.05, 0) is 98.3 Å². The van der Waals surface area contributed by atoms with Gasteiger partial charge in [-0.25, -0.2) is 13.8 Å². The number of fused-ring (bicyclic) bond motifs is 1. The smallest absolute Gasteiger partial charge is 0.247 e. The third-order valence-electron chi connectivity index (χ3n) is 9.96. The van der Waals surface area contributed by atoms with E-state index in [0.29, 0.717) is 66.1 Å². The molecule has 5 heterocycles. The van der Waals surface area contributed by atoms with Gasteiger partial charge in [-0.1, -0.05) is 32.4 Å². The van der Waals surface area contributed by atoms with Gasteiger partial charge in [0.05, 0.1) is 39.9 Å². The number of amides is 1. The predicted molar refractivity (Wildman–Crippen MR) is 182 cm³/mol. The van der Waals surface area contributed by atoms with Gasteiger partial charge >= 0.3 is 0 Å². The van der Waals surface area contributed by atoms with Crippen molar-refractivity contribution < 1.29 is 18.0 Å². The van der Waals surface area contributed by atoms with Crippen molar-refractivity contribution in [3.05, 3.63) is 76.7 Å². The zero-order chi connectivity index (χ0) is 34.6. The number of hydrogen-bond donors (Lipinski definition) is 1. The first kappa shape index (κ1) is 34.1. The minimum atomic E-state index is -2.01. The van der Waals surface area contributed by atoms with Crippen molar-refractivity contribution in [2.45, 2.75) is 103 Å². The summed E-state index contributed by atoms with van der Waals surface area (Å²) in [6, 6.07) is 4.18. The van der Waals surface area contributed by atoms with E-state index in [1.807, 2.05) is 0 Å². The van der Waals surface area contributed by atoms with Gasteiger partial charge in [0.25, 0.3) is 0 Å². The molecule has 3 aromatic heterocycles. The van der Waals surface area contributed by atoms with Crippen LogP contribution in [0.1, 0.15) is 83.4 Å². The quantitative estimate of drug-likeness (QED) is 0.179. The van der Waals surface area contributed by atoms with Crippen molar-refractivity contribution in [1.82, 2.24) is 40.1 Å². The molecule has 1 aromatic carbocycles. The number of aromatic amines is 1. The summed E-state index contributed by atoms with van der Waals surface area (Å²) in [4.78, 5) is 27.7. The summed E-state index contributed by atoms with van der Waals surface area (Å²) < 4.78 is 39.4. The van der Waals surface area contributed by atoms with Crippen LogP contribution in [0.5, 0.6) is 0 Å². The highest BCUT2D eigenvalue weighted by molar-refractivity contribution is 6.74. The lowest BCUT2D eigenvalue weighted by Crippen LogP contribution is -2.47. The second-order valence-electron chi connectivity index (χ2n) is 14.8. The monoisotopic (exact) mass is 694 g/mol. The summed E-state index contributed by atoms with van der Waals surface area (Å²) in [5.41, 5.74) is 1.94. The van der Waals surface area contributed by atoms with E-state index in [0.717, 1.165) is 0 Å². The molecule has 14 heteroatoms. The third kappa shape index (κ3) is 6.47. The Morgan fingerprint density at radius 3 is 2.56 bits per heavy atom. The van der Waals surface area contributed by atoms with Crippen molar-refractivity contribution in [3.8, 4) is 16.9 Å². The second kappa shape index (κ2) is 12.6. The lowest BCUT2D eigenvalue weighted by molar-refractivity contribution is -0.129. The number of carbonyl (C=O) groups is 1. The Morgan fingerprint density at radius 1 is 1.08 bits per heavy atom. The Kier molecular flexibility index (Phi) is 8.92. The molecule has 4 aromatic rings. The molecule has 0 bridgehead atoms. The zero-order valence-corrected chi connectivity index (χ0v) is 30.1. The maximum atomic E-state index is 15.9. The number of nitrogens with one attached hydrogen (secondary N) is 1. The lowest BCUT2D eigenvalue weighted by Gasteiger charge is -2.43. The minimum Gasteiger partial charge on any atom is -0.412 e. The van der Waals surface area contributed by atoms with Gasteiger partial charge in [0, 0.05) is 29.4 Å². The molecule has 254 valence electrons. The molecular formula is C34H41ClF2N8O2Si. The normalized spacial score (nSPS) is 18.8. The van der Waals surface area contributed by atoms with Crippen LogP contribution in [-0.2, 0) is 15.6 Å². The maximum Gasteiger partial charge on any atom is 0.247 e. The number of rotatable bonds is 9. The summed E-state index contributed by atoms with van der Waals surface area (Å²) in [6.45, 7) is 15.2. The number of nitrogens with zero attached hydrogens (tertiary/aromatic N) is 7. The maximum absolute atomic E-state index is 15.9. The van der Waals surface area contributed by atoms with Crippen molar-refractivity contribution in [3.63, 3.8) is 0 Å². The molecular weight excluding hydrogens is 654 g/mol. The van der Waals surface area contributed by atoms with E-state index in [2.05, 4.69) is 78.2 Å². The number of benzene rings is 1. The molecule has 0 radical (unpaired) electrons. The number of hydrogen-bond acceptors (Lipinski definition) is 7. The summed E-state index contributed by atoms with van der Waals surface area (Å²) in [5.74, 6) is -0.720. The summed E-state index contributed by atoms with van der Waals surface area (Å²) in [6.07, 6.45) is 8.82. The molecule has 1 saturated heterocycles. The Hall–Kier alpha value is -3.81. The van der Waals surface area contributed by atoms with Gasteiger partial charge in [-0.15, -0.1) is 5.10 Å². The fourth-order valence-corrected chi connectivity index (χ4v) is 8.48. The first-order valence-electron chi connectivity index (χ1n) is 16.2. The molecule has 1 N–H and O–H groups in total. The second-order valence-corrected chi connectivity index (χ2v) is 19.9. The average molecular weight is 695 g/mol. The highest BCUT2D eigenvalue weighted by atomic mass is 35.5. The van der Waals surface area contributed by atoms with E-state index in [4.69, 9.17) is 16.0 Å². The van der Waals surface area contributed by atoms with Crippen LogP contribution in [0.3, 0.4) is 0 Å². The van der Waals surface area contributed by atoms with Crippen LogP contribution < -0.4 is 0 Å². The number of imidazole rings is 1. The molecule has 6 rings (SSSR count). The molecule has 2 aliphatic heterocycles. The Labute approximate surface area is 285 Å². The molecule has 1 fully saturated rings. The van der Waals surface area contributed by atoms with Crippen molar-refractivity contribution >= 4 is 31.4 Å². The molecule has 2 unspecified atom stereocenters. The molecule has 2 atom stereocenters. The van der Waals surface area contributed by atoms with Gasteiger partial charge in [-0.3, -0.25) is 9.78 Å². The van der Waals surface area contributed by atoms with E-state index in [9.17, 15) is 4.79 Å². The van der Waals surface area contributed by atoms with E-state index in [1.165, 1.54) is 23.2 Å². The van der Waals surface area contributed by atoms with E-state index in [1.54, 1.807) is 29.4 Å². The van der Waals surface area contributed by atoms with Crippen LogP contribution in [0.2, 0.25) is 23.2 Å². The molecule has 0 saturated carbocycles. The average Bonchev–Trinajstić information content (AvgIpc) is 3.78. The van der Waals surface area contributed by atoms with E-state index >= 15 is 8.78 Å². The third-order valence-corrected chi connectivity index (χ3v) is 14.9. The summed E-state index contributed by atoms with van der Waals surface area (Å²) in [5, 5.41) is 11.2. The number of tetrazole rings is 1. The zero-order valence-electron chi connectivity index (χ0n) is 28.3.